The van der Waals surface area contributed by atoms with Crippen molar-refractivity contribution in [2.24, 2.45) is 0 Å². The molecule has 2 heterocycles. The summed E-state index contributed by atoms with van der Waals surface area (Å²) in [4.78, 5) is 24.2. The normalized spacial score (nSPS) is 11.8. The fourth-order valence-electron chi connectivity index (χ4n) is 3.29. The first-order chi connectivity index (χ1) is 14.1. The number of aliphatic carboxylic acids is 1. The summed E-state index contributed by atoms with van der Waals surface area (Å²) in [5, 5.41) is 12.5. The van der Waals surface area contributed by atoms with Crippen molar-refractivity contribution in [1.29, 1.82) is 0 Å². The lowest BCUT2D eigenvalue weighted by atomic mass is 9.92. The second-order valence-electron chi connectivity index (χ2n) is 7.02. The Morgan fingerprint density at radius 1 is 1.14 bits per heavy atom. The van der Waals surface area contributed by atoms with E-state index in [0.29, 0.717) is 12.6 Å². The number of carboxylic acids is 1. The third-order valence-electron chi connectivity index (χ3n) is 4.71. The van der Waals surface area contributed by atoms with Crippen molar-refractivity contribution in [1.82, 2.24) is 15.0 Å². The fourth-order valence-corrected chi connectivity index (χ4v) is 3.29. The minimum Gasteiger partial charge on any atom is -0.481 e. The van der Waals surface area contributed by atoms with Crippen molar-refractivity contribution >= 4 is 11.8 Å². The van der Waals surface area contributed by atoms with Gasteiger partial charge in [0.15, 0.2) is 0 Å². The summed E-state index contributed by atoms with van der Waals surface area (Å²) in [5.41, 5.74) is 1.97. The van der Waals surface area contributed by atoms with Crippen molar-refractivity contribution in [2.75, 3.05) is 18.5 Å². The molecule has 0 bridgehead atoms. The molecule has 158 valence electrons. The van der Waals surface area contributed by atoms with Crippen LogP contribution in [0.5, 0.6) is 6.01 Å². The minimum atomic E-state index is -0.796. The third-order valence-corrected chi connectivity index (χ3v) is 4.71. The van der Waals surface area contributed by atoms with Crippen LogP contribution in [0.25, 0.3) is 0 Å². The highest BCUT2D eigenvalue weighted by atomic mass is 16.5. The Balaban J connectivity index is 1.75. The Kier molecular flexibility index (Phi) is 9.89. The quantitative estimate of drug-likeness (QED) is 0.452. The summed E-state index contributed by atoms with van der Waals surface area (Å²) in [6.07, 6.45) is 9.49. The highest BCUT2D eigenvalue weighted by Crippen LogP contribution is 2.26. The molecular weight excluding hydrogens is 368 g/mol. The molecule has 7 heteroatoms. The van der Waals surface area contributed by atoms with Crippen LogP contribution in [0.15, 0.2) is 30.6 Å². The Bertz CT molecular complexity index is 737. The van der Waals surface area contributed by atoms with Gasteiger partial charge in [0.05, 0.1) is 13.0 Å². The highest BCUT2D eigenvalue weighted by Gasteiger charge is 2.16. The molecule has 0 radical (unpaired) electrons. The molecule has 0 aliphatic heterocycles. The third kappa shape index (κ3) is 8.46. The number of anilines is 1. The molecule has 0 aliphatic rings. The molecule has 1 atom stereocenters. The maximum Gasteiger partial charge on any atom is 0.316 e. The molecule has 2 rings (SSSR count). The molecule has 0 aliphatic carbocycles. The van der Waals surface area contributed by atoms with Gasteiger partial charge >= 0.3 is 12.0 Å². The van der Waals surface area contributed by atoms with Crippen LogP contribution in [0.2, 0.25) is 0 Å². The van der Waals surface area contributed by atoms with Crippen molar-refractivity contribution in [3.05, 3.63) is 41.9 Å². The van der Waals surface area contributed by atoms with Crippen LogP contribution in [-0.2, 0) is 11.2 Å². The zero-order valence-electron chi connectivity index (χ0n) is 17.4. The minimum absolute atomic E-state index is 0.0679. The van der Waals surface area contributed by atoms with Crippen LogP contribution in [0, 0.1) is 0 Å². The van der Waals surface area contributed by atoms with E-state index in [4.69, 9.17) is 4.74 Å². The van der Waals surface area contributed by atoms with E-state index < -0.39 is 5.97 Å². The van der Waals surface area contributed by atoms with Crippen LogP contribution in [0.4, 0.5) is 5.82 Å². The van der Waals surface area contributed by atoms with Crippen LogP contribution >= 0.6 is 0 Å². The van der Waals surface area contributed by atoms with Gasteiger partial charge in [-0.05, 0) is 56.7 Å². The monoisotopic (exact) mass is 400 g/mol. The summed E-state index contributed by atoms with van der Waals surface area (Å²) in [6, 6.07) is 6.42. The molecule has 0 fully saturated rings. The van der Waals surface area contributed by atoms with Crippen LogP contribution < -0.4 is 10.1 Å². The number of unbranched alkanes of at least 4 members (excludes halogenated alkanes) is 3. The van der Waals surface area contributed by atoms with Gasteiger partial charge < -0.3 is 15.2 Å². The largest absolute Gasteiger partial charge is 0.481 e. The van der Waals surface area contributed by atoms with Gasteiger partial charge in [-0.1, -0.05) is 25.3 Å². The molecule has 29 heavy (non-hydrogen) atoms. The average Bonchev–Trinajstić information content (AvgIpc) is 2.71. The molecular formula is C22H32N4O3. The predicted octanol–water partition coefficient (Wildman–Crippen LogP) is 4.45. The molecule has 2 aromatic heterocycles. The van der Waals surface area contributed by atoms with Gasteiger partial charge in [-0.25, -0.2) is 15.0 Å². The van der Waals surface area contributed by atoms with E-state index in [1.165, 1.54) is 0 Å². The number of hydrogen-bond acceptors (Lipinski definition) is 6. The van der Waals surface area contributed by atoms with Gasteiger partial charge in [0.2, 0.25) is 0 Å². The molecule has 0 amide bonds. The van der Waals surface area contributed by atoms with Crippen molar-refractivity contribution in [3.8, 4) is 6.01 Å². The van der Waals surface area contributed by atoms with Gasteiger partial charge in [0.1, 0.15) is 5.82 Å². The second kappa shape index (κ2) is 12.7. The van der Waals surface area contributed by atoms with Gasteiger partial charge in [0, 0.05) is 24.6 Å². The number of rotatable bonds is 14. The van der Waals surface area contributed by atoms with Crippen LogP contribution in [0.1, 0.15) is 69.5 Å². The summed E-state index contributed by atoms with van der Waals surface area (Å²) < 4.78 is 5.26. The lowest BCUT2D eigenvalue weighted by Crippen LogP contribution is -2.08. The number of aryl methyl sites for hydroxylation is 1. The number of pyridine rings is 1. The van der Waals surface area contributed by atoms with E-state index in [0.717, 1.165) is 62.1 Å². The van der Waals surface area contributed by atoms with Crippen LogP contribution in [-0.4, -0.2) is 39.2 Å². The standard InChI is InChI=1S/C22H32N4O3/c1-3-23-20-13-9-12-19(26-20)11-8-6-5-7-10-17(14-21(27)28)18-15-24-22(25-16-18)29-4-2/h9,12-13,15-17H,3-8,10-11,14H2,1-2H3,(H,23,26)(H,27,28)/t17-/m0/s1. The number of carbonyl (C=O) groups is 1. The first-order valence-corrected chi connectivity index (χ1v) is 10.5. The van der Waals surface area contributed by atoms with Crippen LogP contribution in [0.3, 0.4) is 0 Å². The Morgan fingerprint density at radius 3 is 2.59 bits per heavy atom. The molecule has 7 nitrogen and oxygen atoms in total. The smallest absolute Gasteiger partial charge is 0.316 e. The fraction of sp³-hybridized carbons (Fsp3) is 0.545. The molecule has 2 aromatic rings. The van der Waals surface area contributed by atoms with Crippen molar-refractivity contribution in [2.45, 2.75) is 64.7 Å². The molecule has 0 saturated carbocycles. The average molecular weight is 401 g/mol. The first-order valence-electron chi connectivity index (χ1n) is 10.5. The van der Waals surface area contributed by atoms with Gasteiger partial charge in [0.25, 0.3) is 0 Å². The molecule has 0 unspecified atom stereocenters. The number of ether oxygens (including phenoxy) is 1. The Labute approximate surface area is 173 Å². The van der Waals surface area contributed by atoms with E-state index >= 15 is 0 Å². The summed E-state index contributed by atoms with van der Waals surface area (Å²) in [5.74, 6) is 0.0660. The SMILES string of the molecule is CCNc1cccc(CCCCCC[C@@H](CC(=O)O)c2cnc(OCC)nc2)n1. The maximum atomic E-state index is 11.2. The van der Waals surface area contributed by atoms with Crippen molar-refractivity contribution < 1.29 is 14.6 Å². The van der Waals surface area contributed by atoms with Gasteiger partial charge in [-0.2, -0.15) is 0 Å². The second-order valence-corrected chi connectivity index (χ2v) is 7.02. The maximum absolute atomic E-state index is 11.2. The van der Waals surface area contributed by atoms with E-state index in [9.17, 15) is 9.90 Å². The van der Waals surface area contributed by atoms with Gasteiger partial charge in [-0.15, -0.1) is 0 Å². The van der Waals surface area contributed by atoms with E-state index in [1.54, 1.807) is 12.4 Å². The number of carboxylic acid groups (broad SMARTS) is 1. The van der Waals surface area contributed by atoms with Crippen molar-refractivity contribution in [3.63, 3.8) is 0 Å². The molecule has 0 saturated heterocycles. The number of nitrogens with one attached hydrogen (secondary N) is 1. The molecule has 0 spiro atoms. The predicted molar refractivity (Wildman–Crippen MR) is 113 cm³/mol. The number of hydrogen-bond donors (Lipinski definition) is 2. The lowest BCUT2D eigenvalue weighted by molar-refractivity contribution is -0.137. The molecule has 2 N–H and O–H groups in total. The van der Waals surface area contributed by atoms with Gasteiger partial charge in [-0.3, -0.25) is 4.79 Å². The lowest BCUT2D eigenvalue weighted by Gasteiger charge is -2.15. The number of nitrogens with zero attached hydrogens (tertiary/aromatic N) is 3. The van der Waals surface area contributed by atoms with E-state index in [1.807, 2.05) is 19.1 Å². The summed E-state index contributed by atoms with van der Waals surface area (Å²) in [6.45, 7) is 5.31. The summed E-state index contributed by atoms with van der Waals surface area (Å²) in [7, 11) is 0. The Hall–Kier alpha value is -2.70. The highest BCUT2D eigenvalue weighted by molar-refractivity contribution is 5.68. The zero-order valence-corrected chi connectivity index (χ0v) is 17.4. The van der Waals surface area contributed by atoms with E-state index in [-0.39, 0.29) is 12.3 Å². The summed E-state index contributed by atoms with van der Waals surface area (Å²) >= 11 is 0. The number of aromatic nitrogens is 3. The Morgan fingerprint density at radius 2 is 1.90 bits per heavy atom. The zero-order chi connectivity index (χ0) is 20.9. The first kappa shape index (κ1) is 22.6. The molecule has 0 aromatic carbocycles. The van der Waals surface area contributed by atoms with E-state index in [2.05, 4.69) is 33.3 Å². The topological polar surface area (TPSA) is 97.2 Å².